The Balaban J connectivity index is 1.74. The zero-order valence-corrected chi connectivity index (χ0v) is 17.9. The van der Waals surface area contributed by atoms with Gasteiger partial charge in [-0.1, -0.05) is 6.92 Å². The van der Waals surface area contributed by atoms with Gasteiger partial charge in [-0.3, -0.25) is 9.59 Å². The van der Waals surface area contributed by atoms with E-state index in [-0.39, 0.29) is 30.0 Å². The summed E-state index contributed by atoms with van der Waals surface area (Å²) in [5.74, 6) is 0.903. The third kappa shape index (κ3) is 3.65. The number of hydrogen-bond acceptors (Lipinski definition) is 6. The number of halogens is 1. The molecule has 1 amide bonds. The molecule has 0 saturated heterocycles. The van der Waals surface area contributed by atoms with Gasteiger partial charge in [0.25, 0.3) is 5.91 Å². The van der Waals surface area contributed by atoms with Crippen molar-refractivity contribution in [2.24, 2.45) is 0 Å². The highest BCUT2D eigenvalue weighted by molar-refractivity contribution is 7.09. The van der Waals surface area contributed by atoms with Crippen LogP contribution in [0.1, 0.15) is 53.9 Å². The van der Waals surface area contributed by atoms with Crippen molar-refractivity contribution in [3.63, 3.8) is 0 Å². The average molecular weight is 428 g/mol. The molecule has 2 aromatic heterocycles. The summed E-state index contributed by atoms with van der Waals surface area (Å²) in [6, 6.07) is 5.27. The van der Waals surface area contributed by atoms with Gasteiger partial charge in [0.15, 0.2) is 10.8 Å². The molecule has 9 heteroatoms. The highest BCUT2D eigenvalue weighted by Gasteiger charge is 2.34. The van der Waals surface area contributed by atoms with Crippen molar-refractivity contribution in [2.45, 2.75) is 46.2 Å². The second kappa shape index (κ2) is 8.06. The van der Waals surface area contributed by atoms with E-state index in [1.807, 2.05) is 20.8 Å². The van der Waals surface area contributed by atoms with Crippen LogP contribution in [0.2, 0.25) is 0 Å². The Bertz CT molecular complexity index is 1110. The Hall–Kier alpha value is -2.94. The lowest BCUT2D eigenvalue weighted by molar-refractivity contribution is -0.118. The van der Waals surface area contributed by atoms with Gasteiger partial charge in [-0.25, -0.2) is 14.4 Å². The number of fused-ring (bicyclic) bond motifs is 1. The second-order valence-electron chi connectivity index (χ2n) is 7.32. The van der Waals surface area contributed by atoms with Gasteiger partial charge in [0.1, 0.15) is 17.4 Å². The maximum absolute atomic E-state index is 13.3. The molecule has 0 radical (unpaired) electrons. The highest BCUT2D eigenvalue weighted by atomic mass is 32.1. The molecule has 1 aliphatic rings. The molecule has 1 atom stereocenters. The monoisotopic (exact) mass is 427 g/mol. The summed E-state index contributed by atoms with van der Waals surface area (Å²) in [6.07, 6.45) is 0.638. The van der Waals surface area contributed by atoms with Gasteiger partial charge in [0.2, 0.25) is 0 Å². The number of imidazole rings is 1. The van der Waals surface area contributed by atoms with E-state index < -0.39 is 0 Å². The molecule has 3 heterocycles. The highest BCUT2D eigenvalue weighted by Crippen LogP contribution is 2.34. The standard InChI is InChI=1S/C21H22FN5O2S/c1-4-16(28)11-17-18-12(2)26(21(29)14-5-7-15(22)8-6-14)9-10-27(18)19(24-17)20-23-13(3)25-30-20/h5-8,12H,4,9-11H2,1-3H3/t12-/m1/s1. The van der Waals surface area contributed by atoms with Crippen LogP contribution in [0, 0.1) is 12.7 Å². The summed E-state index contributed by atoms with van der Waals surface area (Å²) in [5, 5.41) is 0.703. The van der Waals surface area contributed by atoms with E-state index in [2.05, 4.69) is 13.9 Å². The number of carbonyl (C=O) groups is 2. The van der Waals surface area contributed by atoms with Crippen LogP contribution < -0.4 is 0 Å². The minimum Gasteiger partial charge on any atom is -0.329 e. The molecule has 7 nitrogen and oxygen atoms in total. The van der Waals surface area contributed by atoms with E-state index in [1.54, 1.807) is 4.90 Å². The number of benzene rings is 1. The van der Waals surface area contributed by atoms with Crippen molar-refractivity contribution in [2.75, 3.05) is 6.54 Å². The fourth-order valence-corrected chi connectivity index (χ4v) is 4.46. The summed E-state index contributed by atoms with van der Waals surface area (Å²) in [7, 11) is 0. The fraction of sp³-hybridized carbons (Fsp3) is 0.381. The van der Waals surface area contributed by atoms with E-state index >= 15 is 0 Å². The second-order valence-corrected chi connectivity index (χ2v) is 8.07. The SMILES string of the molecule is CCC(=O)Cc1nc(-c2nc(C)ns2)n2c1[C@@H](C)N(C(=O)c1ccc(F)cc1)CC2. The van der Waals surface area contributed by atoms with Crippen LogP contribution in [0.25, 0.3) is 10.8 Å². The third-order valence-corrected chi connectivity index (χ3v) is 6.14. The van der Waals surface area contributed by atoms with Gasteiger partial charge in [0.05, 0.1) is 23.9 Å². The molecular formula is C21H22FN5O2S. The summed E-state index contributed by atoms with van der Waals surface area (Å²) in [5.41, 5.74) is 1.96. The van der Waals surface area contributed by atoms with Crippen LogP contribution in [0.15, 0.2) is 24.3 Å². The molecule has 4 rings (SSSR count). The van der Waals surface area contributed by atoms with Crippen LogP contribution >= 0.6 is 11.5 Å². The maximum atomic E-state index is 13.3. The summed E-state index contributed by atoms with van der Waals surface area (Å²) in [6.45, 7) is 6.60. The number of aryl methyl sites for hydroxylation is 1. The first-order valence-corrected chi connectivity index (χ1v) is 10.6. The number of nitrogens with zero attached hydrogens (tertiary/aromatic N) is 5. The molecule has 0 N–H and O–H groups in total. The van der Waals surface area contributed by atoms with Gasteiger partial charge < -0.3 is 9.47 Å². The molecule has 0 bridgehead atoms. The Morgan fingerprint density at radius 3 is 2.57 bits per heavy atom. The molecule has 30 heavy (non-hydrogen) atoms. The van der Waals surface area contributed by atoms with Crippen molar-refractivity contribution in [1.29, 1.82) is 0 Å². The molecule has 0 spiro atoms. The maximum Gasteiger partial charge on any atom is 0.254 e. The molecule has 3 aromatic rings. The molecule has 156 valence electrons. The number of Topliss-reactive ketones (excluding diaryl/α,β-unsaturated/α-hetero) is 1. The Kier molecular flexibility index (Phi) is 5.46. The Morgan fingerprint density at radius 2 is 1.93 bits per heavy atom. The van der Waals surface area contributed by atoms with Crippen molar-refractivity contribution in [3.8, 4) is 10.8 Å². The molecular weight excluding hydrogens is 405 g/mol. The number of carbonyl (C=O) groups excluding carboxylic acids is 2. The normalized spacial score (nSPS) is 15.9. The number of aromatic nitrogens is 4. The number of amides is 1. The van der Waals surface area contributed by atoms with Crippen LogP contribution in [0.5, 0.6) is 0 Å². The van der Waals surface area contributed by atoms with E-state index in [1.165, 1.54) is 35.8 Å². The minimum atomic E-state index is -0.381. The third-order valence-electron chi connectivity index (χ3n) is 5.34. The summed E-state index contributed by atoms with van der Waals surface area (Å²) < 4.78 is 19.6. The first-order valence-electron chi connectivity index (χ1n) is 9.87. The quantitative estimate of drug-likeness (QED) is 0.622. The smallest absolute Gasteiger partial charge is 0.254 e. The van der Waals surface area contributed by atoms with Crippen LogP contribution in [0.3, 0.4) is 0 Å². The predicted octanol–water partition coefficient (Wildman–Crippen LogP) is 3.59. The van der Waals surface area contributed by atoms with Crippen LogP contribution in [0.4, 0.5) is 4.39 Å². The van der Waals surface area contributed by atoms with Crippen LogP contribution in [-0.4, -0.2) is 42.0 Å². The van der Waals surface area contributed by atoms with Gasteiger partial charge in [-0.2, -0.15) is 4.37 Å². The van der Waals surface area contributed by atoms with Crippen LogP contribution in [-0.2, 0) is 17.8 Å². The lowest BCUT2D eigenvalue weighted by Crippen LogP contribution is -2.41. The van der Waals surface area contributed by atoms with E-state index in [9.17, 15) is 14.0 Å². The lowest BCUT2D eigenvalue weighted by atomic mass is 10.0. The summed E-state index contributed by atoms with van der Waals surface area (Å²) >= 11 is 1.27. The number of hydrogen-bond donors (Lipinski definition) is 0. The zero-order valence-electron chi connectivity index (χ0n) is 17.1. The Morgan fingerprint density at radius 1 is 1.20 bits per heavy atom. The molecule has 0 saturated carbocycles. The number of ketones is 1. The predicted molar refractivity (Wildman–Crippen MR) is 111 cm³/mol. The fourth-order valence-electron chi connectivity index (χ4n) is 3.79. The van der Waals surface area contributed by atoms with Gasteiger partial charge >= 0.3 is 0 Å². The molecule has 1 aromatic carbocycles. The van der Waals surface area contributed by atoms with E-state index in [0.29, 0.717) is 47.4 Å². The van der Waals surface area contributed by atoms with E-state index in [4.69, 9.17) is 4.98 Å². The number of rotatable bonds is 5. The molecule has 0 unspecified atom stereocenters. The largest absolute Gasteiger partial charge is 0.329 e. The summed E-state index contributed by atoms with van der Waals surface area (Å²) in [4.78, 5) is 36.3. The first-order chi connectivity index (χ1) is 14.4. The first kappa shape index (κ1) is 20.3. The van der Waals surface area contributed by atoms with Gasteiger partial charge in [0, 0.05) is 25.1 Å². The van der Waals surface area contributed by atoms with E-state index in [0.717, 1.165) is 5.69 Å². The van der Waals surface area contributed by atoms with Gasteiger partial charge in [-0.05, 0) is 49.6 Å². The van der Waals surface area contributed by atoms with Crippen molar-refractivity contribution >= 4 is 23.2 Å². The van der Waals surface area contributed by atoms with Crippen molar-refractivity contribution in [3.05, 3.63) is 52.9 Å². The Labute approximate surface area is 177 Å². The zero-order chi connectivity index (χ0) is 21.4. The average Bonchev–Trinajstić information content (AvgIpc) is 3.32. The minimum absolute atomic E-state index is 0.0880. The van der Waals surface area contributed by atoms with Gasteiger partial charge in [-0.15, -0.1) is 0 Å². The van der Waals surface area contributed by atoms with Crippen molar-refractivity contribution < 1.29 is 14.0 Å². The molecule has 0 fully saturated rings. The molecule has 0 aliphatic carbocycles. The lowest BCUT2D eigenvalue weighted by Gasteiger charge is -2.35. The molecule has 1 aliphatic heterocycles. The van der Waals surface area contributed by atoms with Crippen molar-refractivity contribution in [1.82, 2.24) is 23.8 Å². The topological polar surface area (TPSA) is 81.0 Å².